The molecule has 0 amide bonds. The van der Waals surface area contributed by atoms with Crippen molar-refractivity contribution < 1.29 is 9.47 Å². The molecule has 23 heavy (non-hydrogen) atoms. The molecule has 7 heteroatoms. The average Bonchev–Trinajstić information content (AvgIpc) is 2.92. The van der Waals surface area contributed by atoms with Gasteiger partial charge in [-0.2, -0.15) is 10.5 Å². The molecule has 2 fully saturated rings. The van der Waals surface area contributed by atoms with Crippen LogP contribution in [0, 0.1) is 33.5 Å². The summed E-state index contributed by atoms with van der Waals surface area (Å²) in [5.41, 5.74) is 4.35. The predicted molar refractivity (Wildman–Crippen MR) is 81.1 cm³/mol. The minimum atomic E-state index is -1.51. The lowest BCUT2D eigenvalue weighted by atomic mass is 9.94. The number of nitrogens with zero attached hydrogens (tertiary/aromatic N) is 3. The number of ether oxygens (including phenoxy) is 2. The van der Waals surface area contributed by atoms with Crippen LogP contribution in [0.4, 0.5) is 0 Å². The summed E-state index contributed by atoms with van der Waals surface area (Å²) in [5, 5.41) is 20.4. The van der Waals surface area contributed by atoms with Gasteiger partial charge in [0.25, 0.3) is 5.91 Å². The van der Waals surface area contributed by atoms with Crippen molar-refractivity contribution in [3.05, 3.63) is 34.9 Å². The molecule has 6 nitrogen and oxygen atoms in total. The first kappa shape index (κ1) is 14.5. The third kappa shape index (κ3) is 1.38. The van der Waals surface area contributed by atoms with Gasteiger partial charge in [-0.05, 0) is 24.6 Å². The van der Waals surface area contributed by atoms with Gasteiger partial charge >= 0.3 is 0 Å². The molecule has 1 spiro atoms. The number of hydrogen-bond donors (Lipinski definition) is 1. The third-order valence-electron chi connectivity index (χ3n) is 5.01. The number of halogens is 1. The van der Waals surface area contributed by atoms with E-state index in [9.17, 15) is 10.5 Å². The minimum Gasteiger partial charge on any atom is -0.386 e. The molecule has 0 radical (unpaired) electrons. The fourth-order valence-electron chi connectivity index (χ4n) is 4.02. The lowest BCUT2D eigenvalue weighted by Gasteiger charge is -2.26. The van der Waals surface area contributed by atoms with E-state index in [1.165, 1.54) is 0 Å². The number of benzene rings is 1. The summed E-state index contributed by atoms with van der Waals surface area (Å²) in [5.74, 6) is -1.88. The minimum absolute atomic E-state index is 0.0931. The van der Waals surface area contributed by atoms with Gasteiger partial charge in [-0.3, -0.25) is 0 Å². The van der Waals surface area contributed by atoms with Crippen molar-refractivity contribution in [2.75, 3.05) is 6.61 Å². The Morgan fingerprint density at radius 3 is 2.52 bits per heavy atom. The standard InChI is InChI=1S/C16H13ClN4O2/c1-9-6-22-16(23-9)15(8-19)12(10-2-4-11(17)5-3-10)14(15,7-18)13(20)21-16/h2-5,9,12H,6H2,1H3,(H2,20,21)/t9-,12-,14-,15-,16-/m1/s1. The van der Waals surface area contributed by atoms with E-state index in [-0.39, 0.29) is 11.9 Å². The zero-order valence-electron chi connectivity index (χ0n) is 12.3. The molecule has 2 N–H and O–H groups in total. The molecule has 2 aliphatic heterocycles. The fourth-order valence-corrected chi connectivity index (χ4v) is 4.14. The Bertz CT molecular complexity index is 811. The Kier molecular flexibility index (Phi) is 2.67. The first-order chi connectivity index (χ1) is 11.0. The second-order valence-corrected chi connectivity index (χ2v) is 6.58. The third-order valence-corrected chi connectivity index (χ3v) is 5.26. The van der Waals surface area contributed by atoms with Gasteiger partial charge in [0.05, 0.1) is 24.8 Å². The summed E-state index contributed by atoms with van der Waals surface area (Å²) >= 11 is 5.94. The maximum absolute atomic E-state index is 9.96. The van der Waals surface area contributed by atoms with Crippen LogP contribution < -0.4 is 5.73 Å². The molecule has 0 aromatic heterocycles. The molecule has 0 bridgehead atoms. The van der Waals surface area contributed by atoms with Crippen LogP contribution in [0.1, 0.15) is 18.4 Å². The molecular formula is C16H13ClN4O2. The molecule has 1 aromatic carbocycles. The highest BCUT2D eigenvalue weighted by Crippen LogP contribution is 2.82. The van der Waals surface area contributed by atoms with Crippen LogP contribution in [-0.2, 0) is 9.47 Å². The van der Waals surface area contributed by atoms with E-state index in [2.05, 4.69) is 17.1 Å². The molecular weight excluding hydrogens is 316 g/mol. The smallest absolute Gasteiger partial charge is 0.293 e. The van der Waals surface area contributed by atoms with Gasteiger partial charge in [0.1, 0.15) is 11.3 Å². The second-order valence-electron chi connectivity index (χ2n) is 6.14. The van der Waals surface area contributed by atoms with Crippen molar-refractivity contribution >= 4 is 17.4 Å². The van der Waals surface area contributed by atoms with Crippen LogP contribution in [0.15, 0.2) is 29.3 Å². The van der Waals surface area contributed by atoms with Crippen molar-refractivity contribution in [2.45, 2.75) is 24.9 Å². The number of nitrogens with two attached hydrogens (primary N) is 1. The summed E-state index contributed by atoms with van der Waals surface area (Å²) < 4.78 is 11.6. The summed E-state index contributed by atoms with van der Waals surface area (Å²) in [6.07, 6.45) is -0.224. The predicted octanol–water partition coefficient (Wildman–Crippen LogP) is 1.92. The molecule has 1 saturated carbocycles. The Morgan fingerprint density at radius 1 is 1.30 bits per heavy atom. The van der Waals surface area contributed by atoms with E-state index in [0.717, 1.165) is 5.56 Å². The lowest BCUT2D eigenvalue weighted by molar-refractivity contribution is -0.193. The fraction of sp³-hybridized carbons (Fsp3) is 0.438. The van der Waals surface area contributed by atoms with Crippen molar-refractivity contribution in [1.29, 1.82) is 10.5 Å². The Balaban J connectivity index is 1.91. The van der Waals surface area contributed by atoms with Crippen LogP contribution in [0.2, 0.25) is 5.02 Å². The first-order valence-corrected chi connectivity index (χ1v) is 7.61. The topological polar surface area (TPSA) is 104 Å². The molecule has 1 aromatic rings. The van der Waals surface area contributed by atoms with E-state index in [4.69, 9.17) is 26.8 Å². The maximum atomic E-state index is 9.96. The first-order valence-electron chi connectivity index (χ1n) is 7.23. The highest BCUT2D eigenvalue weighted by Gasteiger charge is 2.94. The van der Waals surface area contributed by atoms with Gasteiger partial charge in [0.15, 0.2) is 5.41 Å². The van der Waals surface area contributed by atoms with Crippen LogP contribution in [-0.4, -0.2) is 24.5 Å². The van der Waals surface area contributed by atoms with Crippen LogP contribution in [0.3, 0.4) is 0 Å². The zero-order chi connectivity index (χ0) is 16.5. The van der Waals surface area contributed by atoms with E-state index in [0.29, 0.717) is 11.6 Å². The molecule has 116 valence electrons. The average molecular weight is 329 g/mol. The molecule has 0 unspecified atom stereocenters. The molecule has 1 aliphatic carbocycles. The van der Waals surface area contributed by atoms with Gasteiger partial charge in [0, 0.05) is 10.9 Å². The van der Waals surface area contributed by atoms with Crippen LogP contribution in [0.5, 0.6) is 0 Å². The number of rotatable bonds is 1. The van der Waals surface area contributed by atoms with Crippen LogP contribution >= 0.6 is 11.6 Å². The number of amidine groups is 1. The van der Waals surface area contributed by atoms with Gasteiger partial charge in [0.2, 0.25) is 0 Å². The van der Waals surface area contributed by atoms with E-state index in [1.54, 1.807) is 24.3 Å². The van der Waals surface area contributed by atoms with Crippen LogP contribution in [0.25, 0.3) is 0 Å². The lowest BCUT2D eigenvalue weighted by Crippen LogP contribution is -2.39. The monoisotopic (exact) mass is 328 g/mol. The molecule has 3 aliphatic rings. The number of nitriles is 2. The number of fused-ring (bicyclic) bond motifs is 2. The van der Waals surface area contributed by atoms with E-state index >= 15 is 0 Å². The maximum Gasteiger partial charge on any atom is 0.293 e. The van der Waals surface area contributed by atoms with Gasteiger partial charge in [-0.15, -0.1) is 0 Å². The van der Waals surface area contributed by atoms with Crippen molar-refractivity contribution in [3.8, 4) is 12.1 Å². The Labute approximate surface area is 138 Å². The molecule has 1 saturated heterocycles. The molecule has 2 heterocycles. The quantitative estimate of drug-likeness (QED) is 0.848. The van der Waals surface area contributed by atoms with E-state index in [1.807, 2.05) is 6.92 Å². The summed E-state index contributed by atoms with van der Waals surface area (Å²) in [6, 6.07) is 11.5. The van der Waals surface area contributed by atoms with Gasteiger partial charge in [-0.25, -0.2) is 4.99 Å². The normalized spacial score (nSPS) is 43.6. The van der Waals surface area contributed by atoms with Crippen molar-refractivity contribution in [1.82, 2.24) is 0 Å². The van der Waals surface area contributed by atoms with Gasteiger partial charge < -0.3 is 15.2 Å². The largest absolute Gasteiger partial charge is 0.386 e. The van der Waals surface area contributed by atoms with Gasteiger partial charge in [-0.1, -0.05) is 23.7 Å². The Morgan fingerprint density at radius 2 is 2.00 bits per heavy atom. The highest BCUT2D eigenvalue weighted by atomic mass is 35.5. The summed E-state index contributed by atoms with van der Waals surface area (Å²) in [6.45, 7) is 2.13. The van der Waals surface area contributed by atoms with Crippen molar-refractivity contribution in [2.24, 2.45) is 21.6 Å². The second kappa shape index (κ2) is 4.24. The Hall–Kier alpha value is -2.12. The summed E-state index contributed by atoms with van der Waals surface area (Å²) in [4.78, 5) is 4.26. The SMILES string of the molecule is C[C@@H]1CO[C@@]2(N=C(N)[C@@]3(C#N)[C@@H](c4ccc(Cl)cc4)[C@@]23C#N)O1. The summed E-state index contributed by atoms with van der Waals surface area (Å²) in [7, 11) is 0. The van der Waals surface area contributed by atoms with E-state index < -0.39 is 22.7 Å². The number of hydrogen-bond acceptors (Lipinski definition) is 6. The highest BCUT2D eigenvalue weighted by molar-refractivity contribution is 6.30. The molecule has 5 atom stereocenters. The zero-order valence-corrected chi connectivity index (χ0v) is 13.0. The van der Waals surface area contributed by atoms with Crippen molar-refractivity contribution in [3.63, 3.8) is 0 Å². The number of aliphatic imine (C=N–C) groups is 1. The molecule has 4 rings (SSSR count).